The van der Waals surface area contributed by atoms with Crippen LogP contribution in [0, 0.1) is 0 Å². The van der Waals surface area contributed by atoms with Crippen molar-refractivity contribution >= 4 is 11.8 Å². The molecule has 0 bridgehead atoms. The summed E-state index contributed by atoms with van der Waals surface area (Å²) in [4.78, 5) is 0.977. The molecule has 0 saturated heterocycles. The van der Waals surface area contributed by atoms with Crippen molar-refractivity contribution in [2.24, 2.45) is 0 Å². The summed E-state index contributed by atoms with van der Waals surface area (Å²) in [5.41, 5.74) is 0. The molecule has 0 atom stereocenters. The minimum absolute atomic E-state index is 0.167. The van der Waals surface area contributed by atoms with Gasteiger partial charge in [-0.2, -0.15) is 0 Å². The Morgan fingerprint density at radius 3 is 2.21 bits per heavy atom. The van der Waals surface area contributed by atoms with Crippen LogP contribution < -0.4 is 4.74 Å². The third-order valence-corrected chi connectivity index (χ3v) is 3.67. The largest absolute Gasteiger partial charge is 0.573 e. The summed E-state index contributed by atoms with van der Waals surface area (Å²) in [5, 5.41) is 0. The van der Waals surface area contributed by atoms with Crippen LogP contribution in [0.5, 0.6) is 5.75 Å². The van der Waals surface area contributed by atoms with Crippen molar-refractivity contribution < 1.29 is 17.9 Å². The minimum Gasteiger partial charge on any atom is -0.406 e. The number of rotatable bonds is 8. The summed E-state index contributed by atoms with van der Waals surface area (Å²) >= 11 is 1.67. The zero-order chi connectivity index (χ0) is 14.1. The molecule has 0 fully saturated rings. The van der Waals surface area contributed by atoms with E-state index in [-0.39, 0.29) is 5.75 Å². The van der Waals surface area contributed by atoms with Crippen LogP contribution in [0.1, 0.15) is 39.0 Å². The molecule has 0 aromatic heterocycles. The zero-order valence-electron chi connectivity index (χ0n) is 11.0. The smallest absolute Gasteiger partial charge is 0.406 e. The quantitative estimate of drug-likeness (QED) is 0.452. The molecule has 1 aromatic carbocycles. The van der Waals surface area contributed by atoms with Gasteiger partial charge in [0.05, 0.1) is 0 Å². The van der Waals surface area contributed by atoms with Crippen LogP contribution >= 0.6 is 11.8 Å². The summed E-state index contributed by atoms with van der Waals surface area (Å²) in [5.74, 6) is 0.836. The number of benzene rings is 1. The minimum atomic E-state index is -4.62. The maximum Gasteiger partial charge on any atom is 0.573 e. The van der Waals surface area contributed by atoms with Crippen molar-refractivity contribution in [3.05, 3.63) is 24.3 Å². The third-order valence-electron chi connectivity index (χ3n) is 2.57. The Bertz CT molecular complexity index is 349. The van der Waals surface area contributed by atoms with Crippen molar-refractivity contribution in [2.45, 2.75) is 50.3 Å². The number of thioether (sulfide) groups is 1. The molecule has 1 nitrogen and oxygen atoms in total. The number of hydrogen-bond acceptors (Lipinski definition) is 2. The SMILES string of the molecule is CCCCCCCSc1ccc(OC(F)(F)F)cc1. The molecule has 5 heteroatoms. The van der Waals surface area contributed by atoms with Gasteiger partial charge in [0.25, 0.3) is 0 Å². The van der Waals surface area contributed by atoms with Gasteiger partial charge in [0.15, 0.2) is 0 Å². The molecular formula is C14H19F3OS. The highest BCUT2D eigenvalue weighted by molar-refractivity contribution is 7.99. The first kappa shape index (κ1) is 16.2. The Hall–Kier alpha value is -0.840. The fourth-order valence-electron chi connectivity index (χ4n) is 1.63. The first-order valence-electron chi connectivity index (χ1n) is 6.50. The molecular weight excluding hydrogens is 273 g/mol. The third kappa shape index (κ3) is 8.03. The summed E-state index contributed by atoms with van der Waals surface area (Å²) in [6, 6.07) is 6.04. The Balaban J connectivity index is 2.25. The lowest BCUT2D eigenvalue weighted by molar-refractivity contribution is -0.274. The van der Waals surface area contributed by atoms with Crippen LogP contribution in [0.25, 0.3) is 0 Å². The summed E-state index contributed by atoms with van der Waals surface area (Å²) < 4.78 is 39.7. The summed E-state index contributed by atoms with van der Waals surface area (Å²) in [7, 11) is 0. The number of unbranched alkanes of at least 4 members (excludes halogenated alkanes) is 4. The van der Waals surface area contributed by atoms with Gasteiger partial charge in [0.2, 0.25) is 0 Å². The van der Waals surface area contributed by atoms with Gasteiger partial charge >= 0.3 is 6.36 Å². The van der Waals surface area contributed by atoms with Gasteiger partial charge in [-0.05, 0) is 36.4 Å². The van der Waals surface area contributed by atoms with Crippen LogP contribution in [0.15, 0.2) is 29.2 Å². The lowest BCUT2D eigenvalue weighted by Crippen LogP contribution is -2.16. The van der Waals surface area contributed by atoms with Crippen molar-refractivity contribution in [1.29, 1.82) is 0 Å². The molecule has 1 rings (SSSR count). The topological polar surface area (TPSA) is 9.23 Å². The number of hydrogen-bond donors (Lipinski definition) is 0. The van der Waals surface area contributed by atoms with Crippen LogP contribution in [0.4, 0.5) is 13.2 Å². The molecule has 0 radical (unpaired) electrons. The highest BCUT2D eigenvalue weighted by atomic mass is 32.2. The highest BCUT2D eigenvalue weighted by Crippen LogP contribution is 2.26. The van der Waals surface area contributed by atoms with E-state index >= 15 is 0 Å². The second-order valence-electron chi connectivity index (χ2n) is 4.28. The number of alkyl halides is 3. The lowest BCUT2D eigenvalue weighted by atomic mass is 10.2. The van der Waals surface area contributed by atoms with Crippen LogP contribution in [0.3, 0.4) is 0 Å². The maximum atomic E-state index is 12.0. The average molecular weight is 292 g/mol. The second-order valence-corrected chi connectivity index (χ2v) is 5.45. The molecule has 0 aliphatic heterocycles. The van der Waals surface area contributed by atoms with Crippen molar-refractivity contribution in [2.75, 3.05) is 5.75 Å². The van der Waals surface area contributed by atoms with Crippen LogP contribution in [0.2, 0.25) is 0 Å². The maximum absolute atomic E-state index is 12.0. The van der Waals surface area contributed by atoms with E-state index in [1.165, 1.54) is 37.8 Å². The van der Waals surface area contributed by atoms with Crippen molar-refractivity contribution in [3.8, 4) is 5.75 Å². The highest BCUT2D eigenvalue weighted by Gasteiger charge is 2.30. The standard InChI is InChI=1S/C14H19F3OS/c1-2-3-4-5-6-11-19-13-9-7-12(8-10-13)18-14(15,16)17/h7-10H,2-6,11H2,1H3. The molecule has 0 aliphatic rings. The molecule has 108 valence electrons. The Kier molecular flexibility index (Phi) is 7.13. The molecule has 0 heterocycles. The fraction of sp³-hybridized carbons (Fsp3) is 0.571. The molecule has 1 aromatic rings. The van der Waals surface area contributed by atoms with Gasteiger partial charge in [0, 0.05) is 4.90 Å². The second kappa shape index (κ2) is 8.35. The van der Waals surface area contributed by atoms with E-state index in [0.29, 0.717) is 0 Å². The number of ether oxygens (including phenoxy) is 1. The van der Waals surface area contributed by atoms with Crippen molar-refractivity contribution in [1.82, 2.24) is 0 Å². The van der Waals surface area contributed by atoms with E-state index < -0.39 is 6.36 Å². The van der Waals surface area contributed by atoms with E-state index in [4.69, 9.17) is 0 Å². The van der Waals surface area contributed by atoms with Gasteiger partial charge in [-0.3, -0.25) is 0 Å². The normalized spacial score (nSPS) is 11.6. The van der Waals surface area contributed by atoms with Gasteiger partial charge in [-0.25, -0.2) is 0 Å². The molecule has 0 spiro atoms. The van der Waals surface area contributed by atoms with Gasteiger partial charge in [-0.1, -0.05) is 32.6 Å². The lowest BCUT2D eigenvalue weighted by Gasteiger charge is -2.09. The van der Waals surface area contributed by atoms with Gasteiger partial charge < -0.3 is 4.74 Å². The predicted molar refractivity (Wildman–Crippen MR) is 72.6 cm³/mol. The van der Waals surface area contributed by atoms with E-state index in [0.717, 1.165) is 17.1 Å². The molecule has 0 saturated carbocycles. The van der Waals surface area contributed by atoms with Gasteiger partial charge in [0.1, 0.15) is 5.75 Å². The molecule has 19 heavy (non-hydrogen) atoms. The first-order valence-corrected chi connectivity index (χ1v) is 7.48. The van der Waals surface area contributed by atoms with Crippen LogP contribution in [-0.2, 0) is 0 Å². The fourth-order valence-corrected chi connectivity index (χ4v) is 2.55. The van der Waals surface area contributed by atoms with E-state index in [9.17, 15) is 13.2 Å². The van der Waals surface area contributed by atoms with Crippen LogP contribution in [-0.4, -0.2) is 12.1 Å². The first-order chi connectivity index (χ1) is 9.01. The summed E-state index contributed by atoms with van der Waals surface area (Å²) in [6.07, 6.45) is 1.51. The predicted octanol–water partition coefficient (Wildman–Crippen LogP) is 5.65. The molecule has 0 amide bonds. The Morgan fingerprint density at radius 2 is 1.63 bits per heavy atom. The Morgan fingerprint density at radius 1 is 1.00 bits per heavy atom. The average Bonchev–Trinajstić information content (AvgIpc) is 2.34. The monoisotopic (exact) mass is 292 g/mol. The van der Waals surface area contributed by atoms with Crippen molar-refractivity contribution in [3.63, 3.8) is 0 Å². The van der Waals surface area contributed by atoms with E-state index in [2.05, 4.69) is 11.7 Å². The zero-order valence-corrected chi connectivity index (χ0v) is 11.8. The van der Waals surface area contributed by atoms with E-state index in [1.54, 1.807) is 23.9 Å². The van der Waals surface area contributed by atoms with E-state index in [1.807, 2.05) is 0 Å². The Labute approximate surface area is 116 Å². The molecule has 0 aliphatic carbocycles. The number of halogens is 3. The molecule has 0 N–H and O–H groups in total. The summed E-state index contributed by atoms with van der Waals surface area (Å²) in [6.45, 7) is 2.18. The van der Waals surface area contributed by atoms with Gasteiger partial charge in [-0.15, -0.1) is 24.9 Å². The molecule has 0 unspecified atom stereocenters.